The van der Waals surface area contributed by atoms with Crippen LogP contribution in [0.2, 0.25) is 0 Å². The molecule has 0 unspecified atom stereocenters. The van der Waals surface area contributed by atoms with Crippen LogP contribution in [0.4, 0.5) is 0 Å². The molecule has 0 radical (unpaired) electrons. The molecule has 0 fully saturated rings. The summed E-state index contributed by atoms with van der Waals surface area (Å²) in [7, 11) is 0. The topological polar surface area (TPSA) is 62.0 Å². The molecule has 0 aliphatic heterocycles. The van der Waals surface area contributed by atoms with Gasteiger partial charge in [0.25, 0.3) is 5.91 Å². The SMILES string of the molecule is C=CCCNC(=O)c1cc(=O)[nH]c2ccccc12. The maximum absolute atomic E-state index is 12.0. The van der Waals surface area contributed by atoms with Crippen molar-refractivity contribution < 1.29 is 4.79 Å². The monoisotopic (exact) mass is 242 g/mol. The molecule has 0 saturated carbocycles. The molecule has 1 aromatic carbocycles. The number of fused-ring (bicyclic) bond motifs is 1. The first-order chi connectivity index (χ1) is 8.72. The van der Waals surface area contributed by atoms with Gasteiger partial charge in [0.1, 0.15) is 0 Å². The normalized spacial score (nSPS) is 10.2. The van der Waals surface area contributed by atoms with E-state index in [0.717, 1.165) is 5.39 Å². The van der Waals surface area contributed by atoms with Gasteiger partial charge in [-0.2, -0.15) is 0 Å². The Labute approximate surface area is 104 Å². The first-order valence-electron chi connectivity index (χ1n) is 5.73. The van der Waals surface area contributed by atoms with Crippen LogP contribution in [0.5, 0.6) is 0 Å². The standard InChI is InChI=1S/C14H14N2O2/c1-2-3-8-15-14(18)11-9-13(17)16-12-7-5-4-6-10(11)12/h2,4-7,9H,1,3,8H2,(H,15,18)(H,16,17). The minimum absolute atomic E-state index is 0.237. The Hall–Kier alpha value is -2.36. The number of benzene rings is 1. The van der Waals surface area contributed by atoms with Crippen molar-refractivity contribution in [3.63, 3.8) is 0 Å². The minimum Gasteiger partial charge on any atom is -0.352 e. The van der Waals surface area contributed by atoms with Crippen molar-refractivity contribution in [3.8, 4) is 0 Å². The number of carbonyl (C=O) groups is 1. The number of aromatic nitrogens is 1. The molecule has 0 saturated heterocycles. The molecule has 1 aromatic heterocycles. The number of nitrogens with one attached hydrogen (secondary N) is 2. The summed E-state index contributed by atoms with van der Waals surface area (Å²) in [6.45, 7) is 4.11. The molecule has 0 aliphatic carbocycles. The van der Waals surface area contributed by atoms with Gasteiger partial charge in [0.15, 0.2) is 0 Å². The van der Waals surface area contributed by atoms with E-state index in [9.17, 15) is 9.59 Å². The number of hydrogen-bond acceptors (Lipinski definition) is 2. The highest BCUT2D eigenvalue weighted by Gasteiger charge is 2.10. The van der Waals surface area contributed by atoms with E-state index in [1.807, 2.05) is 18.2 Å². The molecular weight excluding hydrogens is 228 g/mol. The van der Waals surface area contributed by atoms with Crippen LogP contribution in [-0.4, -0.2) is 17.4 Å². The molecule has 92 valence electrons. The predicted molar refractivity (Wildman–Crippen MR) is 71.7 cm³/mol. The smallest absolute Gasteiger partial charge is 0.252 e. The second kappa shape index (κ2) is 5.31. The minimum atomic E-state index is -0.275. The third-order valence-corrected chi connectivity index (χ3v) is 2.63. The Bertz CT molecular complexity index is 644. The van der Waals surface area contributed by atoms with E-state index < -0.39 is 0 Å². The lowest BCUT2D eigenvalue weighted by molar-refractivity contribution is 0.0956. The Kier molecular flexibility index (Phi) is 3.57. The molecule has 0 spiro atoms. The molecule has 18 heavy (non-hydrogen) atoms. The number of carbonyl (C=O) groups excluding carboxylic acids is 1. The van der Waals surface area contributed by atoms with Crippen molar-refractivity contribution in [3.05, 3.63) is 58.9 Å². The van der Waals surface area contributed by atoms with Crippen LogP contribution >= 0.6 is 0 Å². The van der Waals surface area contributed by atoms with Gasteiger partial charge in [0, 0.05) is 23.5 Å². The summed E-state index contributed by atoms with van der Waals surface area (Å²) in [6, 6.07) is 8.56. The van der Waals surface area contributed by atoms with Crippen LogP contribution in [0.1, 0.15) is 16.8 Å². The van der Waals surface area contributed by atoms with Crippen molar-refractivity contribution in [2.24, 2.45) is 0 Å². The average Bonchev–Trinajstić information content (AvgIpc) is 2.38. The van der Waals surface area contributed by atoms with Gasteiger partial charge in [-0.1, -0.05) is 24.3 Å². The van der Waals surface area contributed by atoms with E-state index in [0.29, 0.717) is 24.0 Å². The van der Waals surface area contributed by atoms with E-state index in [-0.39, 0.29) is 11.5 Å². The quantitative estimate of drug-likeness (QED) is 0.634. The Morgan fingerprint density at radius 1 is 1.39 bits per heavy atom. The van der Waals surface area contributed by atoms with Crippen molar-refractivity contribution in [1.29, 1.82) is 0 Å². The molecule has 2 rings (SSSR count). The highest BCUT2D eigenvalue weighted by Crippen LogP contribution is 2.14. The Balaban J connectivity index is 2.40. The van der Waals surface area contributed by atoms with Gasteiger partial charge in [-0.15, -0.1) is 6.58 Å². The predicted octanol–water partition coefficient (Wildman–Crippen LogP) is 1.83. The lowest BCUT2D eigenvalue weighted by Gasteiger charge is -2.06. The summed E-state index contributed by atoms with van der Waals surface area (Å²) < 4.78 is 0. The van der Waals surface area contributed by atoms with Crippen molar-refractivity contribution in [2.45, 2.75) is 6.42 Å². The lowest BCUT2D eigenvalue weighted by Crippen LogP contribution is -2.25. The number of amides is 1. The first kappa shape index (κ1) is 12.1. The maximum Gasteiger partial charge on any atom is 0.252 e. The van der Waals surface area contributed by atoms with Gasteiger partial charge in [0.2, 0.25) is 5.56 Å². The summed E-state index contributed by atoms with van der Waals surface area (Å²) in [5.41, 5.74) is 0.792. The van der Waals surface area contributed by atoms with Crippen molar-refractivity contribution in [1.82, 2.24) is 10.3 Å². The van der Waals surface area contributed by atoms with Crippen molar-refractivity contribution >= 4 is 16.8 Å². The number of hydrogen-bond donors (Lipinski definition) is 2. The number of rotatable bonds is 4. The van der Waals surface area contributed by atoms with E-state index in [2.05, 4.69) is 16.9 Å². The fourth-order valence-electron chi connectivity index (χ4n) is 1.78. The molecule has 2 N–H and O–H groups in total. The first-order valence-corrected chi connectivity index (χ1v) is 5.73. The molecular formula is C14H14N2O2. The van der Waals surface area contributed by atoms with Crippen LogP contribution in [0.15, 0.2) is 47.8 Å². The van der Waals surface area contributed by atoms with Gasteiger partial charge in [-0.3, -0.25) is 9.59 Å². The zero-order valence-corrected chi connectivity index (χ0v) is 9.90. The summed E-state index contributed by atoms with van der Waals surface area (Å²) in [5, 5.41) is 3.50. The highest BCUT2D eigenvalue weighted by molar-refractivity contribution is 6.05. The van der Waals surface area contributed by atoms with E-state index in [1.54, 1.807) is 12.1 Å². The zero-order valence-electron chi connectivity index (χ0n) is 9.90. The van der Waals surface area contributed by atoms with E-state index >= 15 is 0 Å². The number of aromatic amines is 1. The van der Waals surface area contributed by atoms with E-state index in [4.69, 9.17) is 0 Å². The second-order valence-electron chi connectivity index (χ2n) is 3.93. The van der Waals surface area contributed by atoms with Crippen LogP contribution in [0.3, 0.4) is 0 Å². The molecule has 1 heterocycles. The zero-order chi connectivity index (χ0) is 13.0. The van der Waals surface area contributed by atoms with Crippen LogP contribution in [-0.2, 0) is 0 Å². The van der Waals surface area contributed by atoms with Gasteiger partial charge in [-0.05, 0) is 12.5 Å². The number of para-hydroxylation sites is 1. The van der Waals surface area contributed by atoms with Gasteiger partial charge in [-0.25, -0.2) is 0 Å². The fourth-order valence-corrected chi connectivity index (χ4v) is 1.78. The third kappa shape index (κ3) is 2.48. The summed E-state index contributed by atoms with van der Waals surface area (Å²) in [5.74, 6) is -0.237. The maximum atomic E-state index is 12.0. The van der Waals surface area contributed by atoms with Gasteiger partial charge in [0.05, 0.1) is 5.56 Å². The Morgan fingerprint density at radius 3 is 2.94 bits per heavy atom. The van der Waals surface area contributed by atoms with Crippen molar-refractivity contribution in [2.75, 3.05) is 6.54 Å². The van der Waals surface area contributed by atoms with E-state index in [1.165, 1.54) is 6.07 Å². The molecule has 0 atom stereocenters. The molecule has 1 amide bonds. The molecule has 2 aromatic rings. The second-order valence-corrected chi connectivity index (χ2v) is 3.93. The van der Waals surface area contributed by atoms with Gasteiger partial charge >= 0.3 is 0 Å². The largest absolute Gasteiger partial charge is 0.352 e. The number of pyridine rings is 1. The molecule has 4 heteroatoms. The van der Waals surface area contributed by atoms with Crippen LogP contribution < -0.4 is 10.9 Å². The van der Waals surface area contributed by atoms with Gasteiger partial charge < -0.3 is 10.3 Å². The average molecular weight is 242 g/mol. The molecule has 0 aliphatic rings. The van der Waals surface area contributed by atoms with Crippen LogP contribution in [0.25, 0.3) is 10.9 Å². The number of H-pyrrole nitrogens is 1. The fraction of sp³-hybridized carbons (Fsp3) is 0.143. The lowest BCUT2D eigenvalue weighted by atomic mass is 10.1. The summed E-state index contributed by atoms with van der Waals surface area (Å²) >= 11 is 0. The molecule has 4 nitrogen and oxygen atoms in total. The Morgan fingerprint density at radius 2 is 2.17 bits per heavy atom. The summed E-state index contributed by atoms with van der Waals surface area (Å²) in [4.78, 5) is 26.2. The molecule has 0 bridgehead atoms. The van der Waals surface area contributed by atoms with Crippen LogP contribution in [0, 0.1) is 0 Å². The summed E-state index contributed by atoms with van der Waals surface area (Å²) in [6.07, 6.45) is 2.43. The third-order valence-electron chi connectivity index (χ3n) is 2.63. The highest BCUT2D eigenvalue weighted by atomic mass is 16.2.